The second kappa shape index (κ2) is 5.49. The van der Waals surface area contributed by atoms with Gasteiger partial charge in [0, 0.05) is 16.1 Å². The van der Waals surface area contributed by atoms with Crippen LogP contribution in [-0.2, 0) is 4.79 Å². The Morgan fingerprint density at radius 2 is 1.94 bits per heavy atom. The van der Waals surface area contributed by atoms with Crippen molar-refractivity contribution in [3.63, 3.8) is 0 Å². The van der Waals surface area contributed by atoms with Crippen molar-refractivity contribution in [3.05, 3.63) is 34.3 Å². The van der Waals surface area contributed by atoms with Gasteiger partial charge in [0.25, 0.3) is 0 Å². The van der Waals surface area contributed by atoms with Gasteiger partial charge in [-0.05, 0) is 25.1 Å². The van der Waals surface area contributed by atoms with Crippen LogP contribution >= 0.6 is 23.2 Å². The number of carboxylic acid groups (broad SMARTS) is 1. The van der Waals surface area contributed by atoms with Crippen molar-refractivity contribution in [3.8, 4) is 0 Å². The summed E-state index contributed by atoms with van der Waals surface area (Å²) in [4.78, 5) is 22.2. The van der Waals surface area contributed by atoms with E-state index in [1.807, 2.05) is 0 Å². The molecule has 1 rings (SSSR count). The summed E-state index contributed by atoms with van der Waals surface area (Å²) in [6.07, 6.45) is -1.76. The first kappa shape index (κ1) is 14.0. The van der Waals surface area contributed by atoms with E-state index in [9.17, 15) is 14.7 Å². The van der Waals surface area contributed by atoms with Crippen LogP contribution in [0.3, 0.4) is 0 Å². The topological polar surface area (TPSA) is 74.6 Å². The molecule has 1 aromatic carbocycles. The maximum atomic E-state index is 11.6. The molecule has 0 spiro atoms. The number of alkyl halides is 1. The fourth-order valence-electron chi connectivity index (χ4n) is 1.27. The fourth-order valence-corrected chi connectivity index (χ4v) is 1.62. The van der Waals surface area contributed by atoms with Crippen LogP contribution in [0, 0.1) is 0 Å². The van der Waals surface area contributed by atoms with Gasteiger partial charge in [0.15, 0.2) is 11.9 Å². The lowest BCUT2D eigenvalue weighted by atomic mass is 10.0. The number of rotatable bonds is 4. The third-order valence-corrected chi connectivity index (χ3v) is 2.71. The third-order valence-electron chi connectivity index (χ3n) is 2.17. The number of aliphatic hydroxyl groups excluding tert-OH is 1. The molecule has 4 nitrogen and oxygen atoms in total. The number of ketones is 1. The van der Waals surface area contributed by atoms with Crippen molar-refractivity contribution < 1.29 is 19.8 Å². The first-order chi connectivity index (χ1) is 7.84. The Balaban J connectivity index is 3.19. The number of aliphatic hydroxyl groups is 1. The van der Waals surface area contributed by atoms with Crippen molar-refractivity contribution >= 4 is 35.0 Å². The molecule has 0 fully saturated rings. The lowest BCUT2D eigenvalue weighted by Crippen LogP contribution is -2.14. The average Bonchev–Trinajstić information content (AvgIpc) is 2.27. The Morgan fingerprint density at radius 3 is 2.41 bits per heavy atom. The van der Waals surface area contributed by atoms with E-state index in [0.717, 1.165) is 0 Å². The maximum absolute atomic E-state index is 11.6. The number of carbonyl (C=O) groups is 2. The number of hydrogen-bond acceptors (Lipinski definition) is 3. The fraction of sp³-hybridized carbons (Fsp3) is 0.273. The molecule has 0 aliphatic rings. The minimum atomic E-state index is -1.76. The van der Waals surface area contributed by atoms with E-state index < -0.39 is 17.5 Å². The molecular formula is C11H10Cl2O4. The summed E-state index contributed by atoms with van der Waals surface area (Å²) in [6.45, 7) is 1.51. The number of aliphatic carboxylic acids is 1. The molecule has 0 saturated carbocycles. The van der Waals surface area contributed by atoms with Gasteiger partial charge in [-0.1, -0.05) is 11.6 Å². The van der Waals surface area contributed by atoms with E-state index in [0.29, 0.717) is 0 Å². The van der Waals surface area contributed by atoms with Crippen molar-refractivity contribution in [2.24, 2.45) is 0 Å². The monoisotopic (exact) mass is 276 g/mol. The molecule has 0 aliphatic heterocycles. The number of hydrogen-bond donors (Lipinski definition) is 2. The van der Waals surface area contributed by atoms with Gasteiger partial charge in [0.05, 0.1) is 5.38 Å². The highest BCUT2D eigenvalue weighted by molar-refractivity contribution is 6.34. The normalized spacial score (nSPS) is 14.1. The van der Waals surface area contributed by atoms with E-state index >= 15 is 0 Å². The van der Waals surface area contributed by atoms with E-state index in [1.54, 1.807) is 0 Å². The molecule has 0 saturated heterocycles. The van der Waals surface area contributed by atoms with Crippen molar-refractivity contribution in [1.29, 1.82) is 0 Å². The van der Waals surface area contributed by atoms with Gasteiger partial charge in [-0.2, -0.15) is 0 Å². The lowest BCUT2D eigenvalue weighted by Gasteiger charge is -2.10. The summed E-state index contributed by atoms with van der Waals surface area (Å²) in [5.41, 5.74) is 0.189. The molecule has 0 aromatic heterocycles. The molecule has 6 heteroatoms. The van der Waals surface area contributed by atoms with Crippen LogP contribution in [0.25, 0.3) is 0 Å². The van der Waals surface area contributed by atoms with Crippen molar-refractivity contribution in [1.82, 2.24) is 0 Å². The Morgan fingerprint density at radius 1 is 1.35 bits per heavy atom. The van der Waals surface area contributed by atoms with Crippen LogP contribution in [0.5, 0.6) is 0 Å². The molecule has 0 amide bonds. The molecule has 2 N–H and O–H groups in total. The highest BCUT2D eigenvalue weighted by Crippen LogP contribution is 2.25. The molecular weight excluding hydrogens is 267 g/mol. The molecule has 2 atom stereocenters. The van der Waals surface area contributed by atoms with Crippen LogP contribution in [0.15, 0.2) is 18.2 Å². The number of halogens is 2. The quantitative estimate of drug-likeness (QED) is 0.654. The minimum Gasteiger partial charge on any atom is -0.479 e. The lowest BCUT2D eigenvalue weighted by molar-refractivity contribution is -0.146. The molecule has 0 heterocycles. The van der Waals surface area contributed by atoms with Gasteiger partial charge < -0.3 is 10.2 Å². The van der Waals surface area contributed by atoms with Crippen LogP contribution in [0.1, 0.15) is 28.9 Å². The molecule has 2 unspecified atom stereocenters. The molecule has 92 valence electrons. The zero-order valence-electron chi connectivity index (χ0n) is 8.85. The van der Waals surface area contributed by atoms with Crippen LogP contribution in [0.2, 0.25) is 5.02 Å². The molecule has 0 bridgehead atoms. The van der Waals surface area contributed by atoms with E-state index in [2.05, 4.69) is 0 Å². The minimum absolute atomic E-state index is 0.0256. The largest absolute Gasteiger partial charge is 0.479 e. The predicted molar refractivity (Wildman–Crippen MR) is 63.7 cm³/mol. The highest BCUT2D eigenvalue weighted by Gasteiger charge is 2.21. The average molecular weight is 277 g/mol. The van der Waals surface area contributed by atoms with Crippen molar-refractivity contribution in [2.45, 2.75) is 18.4 Å². The zero-order chi connectivity index (χ0) is 13.2. The van der Waals surface area contributed by atoms with Gasteiger partial charge in [-0.3, -0.25) is 4.79 Å². The second-order valence-electron chi connectivity index (χ2n) is 3.46. The summed E-state index contributed by atoms with van der Waals surface area (Å²) in [7, 11) is 0. The van der Waals surface area contributed by atoms with Gasteiger partial charge >= 0.3 is 5.97 Å². The second-order valence-corrected chi connectivity index (χ2v) is 4.52. The standard InChI is InChI=1S/C11H10Cl2O4/c1-5(12)9(14)6-2-3-8(13)7(4-6)10(15)11(16)17/h2-5,10,15H,1H3,(H,16,17). The van der Waals surface area contributed by atoms with Crippen molar-refractivity contribution in [2.75, 3.05) is 0 Å². The number of carboxylic acids is 1. The zero-order valence-corrected chi connectivity index (χ0v) is 10.4. The van der Waals surface area contributed by atoms with Crippen LogP contribution in [-0.4, -0.2) is 27.3 Å². The Hall–Kier alpha value is -1.10. The highest BCUT2D eigenvalue weighted by atomic mass is 35.5. The first-order valence-electron chi connectivity index (χ1n) is 4.73. The Kier molecular flexibility index (Phi) is 4.51. The Labute approximate surface area is 108 Å². The molecule has 17 heavy (non-hydrogen) atoms. The van der Waals surface area contributed by atoms with E-state index in [-0.39, 0.29) is 21.9 Å². The SMILES string of the molecule is CC(Cl)C(=O)c1ccc(Cl)c(C(O)C(=O)O)c1. The summed E-state index contributed by atoms with van der Waals surface area (Å²) in [5.74, 6) is -1.79. The van der Waals surface area contributed by atoms with Gasteiger partial charge in [-0.25, -0.2) is 4.79 Å². The van der Waals surface area contributed by atoms with Gasteiger partial charge in [0.1, 0.15) is 0 Å². The van der Waals surface area contributed by atoms with E-state index in [1.165, 1.54) is 25.1 Å². The molecule has 0 aliphatic carbocycles. The number of benzene rings is 1. The first-order valence-corrected chi connectivity index (χ1v) is 5.54. The van der Waals surface area contributed by atoms with Crippen LogP contribution < -0.4 is 0 Å². The summed E-state index contributed by atoms with van der Waals surface area (Å²) < 4.78 is 0. The van der Waals surface area contributed by atoms with E-state index in [4.69, 9.17) is 28.3 Å². The smallest absolute Gasteiger partial charge is 0.337 e. The summed E-state index contributed by atoms with van der Waals surface area (Å²) in [6, 6.07) is 4.03. The number of carbonyl (C=O) groups excluding carboxylic acids is 1. The predicted octanol–water partition coefficient (Wildman–Crippen LogP) is 2.27. The van der Waals surface area contributed by atoms with Crippen LogP contribution in [0.4, 0.5) is 0 Å². The maximum Gasteiger partial charge on any atom is 0.337 e. The van der Waals surface area contributed by atoms with Gasteiger partial charge in [0.2, 0.25) is 0 Å². The Bertz CT molecular complexity index is 457. The molecule has 0 radical (unpaired) electrons. The third kappa shape index (κ3) is 3.19. The van der Waals surface area contributed by atoms with Gasteiger partial charge in [-0.15, -0.1) is 11.6 Å². The molecule has 1 aromatic rings. The summed E-state index contributed by atoms with van der Waals surface area (Å²) in [5, 5.41) is 17.4. The summed E-state index contributed by atoms with van der Waals surface area (Å²) >= 11 is 11.4. The number of Topliss-reactive ketones (excluding diaryl/α,β-unsaturated/α-hetero) is 1.